The lowest BCUT2D eigenvalue weighted by atomic mass is 9.69. The molecule has 2 aromatic carbocycles. The molecule has 0 saturated heterocycles. The summed E-state index contributed by atoms with van der Waals surface area (Å²) in [6, 6.07) is 6.82. The fourth-order valence-electron chi connectivity index (χ4n) is 3.94. The van der Waals surface area contributed by atoms with Crippen LogP contribution in [-0.2, 0) is 5.41 Å². The Labute approximate surface area is 191 Å². The number of alkyl halides is 3. The molecule has 1 aliphatic heterocycles. The molecule has 7 nitrogen and oxygen atoms in total. The van der Waals surface area contributed by atoms with E-state index in [9.17, 15) is 37.9 Å². The van der Waals surface area contributed by atoms with Gasteiger partial charge in [-0.15, -0.1) is 0 Å². The summed E-state index contributed by atoms with van der Waals surface area (Å²) in [4.78, 5) is 10.3. The number of rotatable bonds is 4. The lowest BCUT2D eigenvalue weighted by Crippen LogP contribution is -2.50. The van der Waals surface area contributed by atoms with Crippen molar-refractivity contribution in [3.8, 4) is 29.4 Å². The van der Waals surface area contributed by atoms with Gasteiger partial charge in [0, 0.05) is 23.5 Å². The van der Waals surface area contributed by atoms with Gasteiger partial charge in [0.1, 0.15) is 22.9 Å². The van der Waals surface area contributed by atoms with Crippen molar-refractivity contribution in [2.24, 2.45) is 0 Å². The van der Waals surface area contributed by atoms with Crippen LogP contribution in [0.2, 0.25) is 0 Å². The first-order valence-corrected chi connectivity index (χ1v) is 9.92. The standard InChI is InChI=1S/C23H18F4N2O5/c1-21(7-8-34-20-5-4-15(24)11-17(20)21)13-22(31,23(25,26)27)6-2-3-16-18(29(32)33)9-14(12-28)10-19(16)30/h4-5,9-11,30-31H,6-8,13H2,1H3. The summed E-state index contributed by atoms with van der Waals surface area (Å²) in [6.07, 6.45) is -7.13. The Balaban J connectivity index is 2.00. The average Bonchev–Trinajstić information content (AvgIpc) is 2.74. The fraction of sp³-hybridized carbons (Fsp3) is 0.348. The second-order valence-corrected chi connectivity index (χ2v) is 8.24. The first kappa shape index (κ1) is 24.8. The topological polar surface area (TPSA) is 117 Å². The first-order chi connectivity index (χ1) is 15.8. The van der Waals surface area contributed by atoms with Crippen molar-refractivity contribution in [3.05, 3.63) is 63.0 Å². The third-order valence-electron chi connectivity index (χ3n) is 5.73. The number of aliphatic hydroxyl groups is 1. The van der Waals surface area contributed by atoms with Crippen molar-refractivity contribution < 1.29 is 37.4 Å². The van der Waals surface area contributed by atoms with Gasteiger partial charge in [-0.25, -0.2) is 4.39 Å². The van der Waals surface area contributed by atoms with Gasteiger partial charge in [-0.2, -0.15) is 18.4 Å². The second kappa shape index (κ2) is 8.84. The van der Waals surface area contributed by atoms with Crippen molar-refractivity contribution in [2.45, 2.75) is 43.4 Å². The Hall–Kier alpha value is -3.83. The van der Waals surface area contributed by atoms with E-state index >= 15 is 0 Å². The number of nitriles is 1. The molecule has 2 unspecified atom stereocenters. The molecule has 2 N–H and O–H groups in total. The van der Waals surface area contributed by atoms with E-state index in [4.69, 9.17) is 10.00 Å². The summed E-state index contributed by atoms with van der Waals surface area (Å²) >= 11 is 0. The molecule has 178 valence electrons. The normalized spacial score (nSPS) is 19.0. The van der Waals surface area contributed by atoms with Crippen LogP contribution in [0, 0.1) is 39.1 Å². The zero-order valence-electron chi connectivity index (χ0n) is 17.7. The lowest BCUT2D eigenvalue weighted by molar-refractivity contribution is -0.385. The molecule has 1 aliphatic rings. The molecular weight excluding hydrogens is 460 g/mol. The third-order valence-corrected chi connectivity index (χ3v) is 5.73. The summed E-state index contributed by atoms with van der Waals surface area (Å²) in [5.74, 6) is 3.00. The van der Waals surface area contributed by atoms with Gasteiger partial charge < -0.3 is 14.9 Å². The Morgan fingerprint density at radius 1 is 1.29 bits per heavy atom. The van der Waals surface area contributed by atoms with Crippen molar-refractivity contribution in [1.29, 1.82) is 5.26 Å². The van der Waals surface area contributed by atoms with Gasteiger partial charge in [-0.05, 0) is 37.1 Å². The minimum Gasteiger partial charge on any atom is -0.506 e. The Morgan fingerprint density at radius 3 is 2.62 bits per heavy atom. The molecule has 1 heterocycles. The van der Waals surface area contributed by atoms with E-state index in [1.807, 2.05) is 0 Å². The van der Waals surface area contributed by atoms with Crippen LogP contribution in [0.5, 0.6) is 11.5 Å². The minimum atomic E-state index is -5.14. The number of nitro groups is 1. The number of fused-ring (bicyclic) bond motifs is 1. The van der Waals surface area contributed by atoms with E-state index in [-0.39, 0.29) is 29.9 Å². The largest absolute Gasteiger partial charge is 0.506 e. The number of benzene rings is 2. The van der Waals surface area contributed by atoms with E-state index in [0.29, 0.717) is 0 Å². The molecule has 0 aliphatic carbocycles. The van der Waals surface area contributed by atoms with Crippen LogP contribution in [0.25, 0.3) is 0 Å². The lowest BCUT2D eigenvalue weighted by Gasteiger charge is -2.41. The zero-order valence-corrected chi connectivity index (χ0v) is 17.7. The van der Waals surface area contributed by atoms with Crippen molar-refractivity contribution in [2.75, 3.05) is 6.61 Å². The molecule has 0 bridgehead atoms. The SMILES string of the molecule is CC1(CC(O)(CC#Cc2c(O)cc(C#N)cc2[N+](=O)[O-])C(F)(F)F)CCOc2ccc(F)cc21. The van der Waals surface area contributed by atoms with Gasteiger partial charge in [-0.3, -0.25) is 10.1 Å². The summed E-state index contributed by atoms with van der Waals surface area (Å²) < 4.78 is 61.2. The van der Waals surface area contributed by atoms with Gasteiger partial charge >= 0.3 is 6.18 Å². The third kappa shape index (κ3) is 4.75. The number of nitro benzene ring substituents is 1. The highest BCUT2D eigenvalue weighted by atomic mass is 19.4. The molecule has 2 atom stereocenters. The van der Waals surface area contributed by atoms with Crippen molar-refractivity contribution in [3.63, 3.8) is 0 Å². The van der Waals surface area contributed by atoms with Crippen LogP contribution >= 0.6 is 0 Å². The van der Waals surface area contributed by atoms with Gasteiger partial charge in [0.05, 0.1) is 23.2 Å². The maximum absolute atomic E-state index is 14.0. The predicted octanol–water partition coefficient (Wildman–Crippen LogP) is 4.48. The molecule has 11 heteroatoms. The molecule has 34 heavy (non-hydrogen) atoms. The Bertz CT molecular complexity index is 1240. The maximum atomic E-state index is 14.0. The molecule has 2 aromatic rings. The van der Waals surface area contributed by atoms with Crippen molar-refractivity contribution >= 4 is 5.69 Å². The van der Waals surface area contributed by atoms with Crippen LogP contribution < -0.4 is 4.74 Å². The summed E-state index contributed by atoms with van der Waals surface area (Å²) in [6.45, 7) is 1.51. The minimum absolute atomic E-state index is 0.0556. The van der Waals surface area contributed by atoms with E-state index < -0.39 is 57.8 Å². The molecule has 0 radical (unpaired) electrons. The second-order valence-electron chi connectivity index (χ2n) is 8.24. The highest BCUT2D eigenvalue weighted by molar-refractivity contribution is 5.62. The van der Waals surface area contributed by atoms with Crippen LogP contribution in [0.3, 0.4) is 0 Å². The molecule has 0 aromatic heterocycles. The Morgan fingerprint density at radius 2 is 2.00 bits per heavy atom. The number of aromatic hydroxyl groups is 1. The molecule has 0 amide bonds. The molecule has 3 rings (SSSR count). The van der Waals surface area contributed by atoms with E-state index in [1.165, 1.54) is 13.0 Å². The summed E-state index contributed by atoms with van der Waals surface area (Å²) in [7, 11) is 0. The number of phenols is 1. The van der Waals surface area contributed by atoms with E-state index in [1.54, 1.807) is 6.07 Å². The van der Waals surface area contributed by atoms with Gasteiger partial charge in [0.2, 0.25) is 0 Å². The zero-order chi connectivity index (χ0) is 25.3. The number of hydrogen-bond acceptors (Lipinski definition) is 6. The average molecular weight is 478 g/mol. The maximum Gasteiger partial charge on any atom is 0.418 e. The van der Waals surface area contributed by atoms with Gasteiger partial charge in [0.15, 0.2) is 5.60 Å². The highest BCUT2D eigenvalue weighted by Crippen LogP contribution is 2.48. The van der Waals surface area contributed by atoms with E-state index in [2.05, 4.69) is 11.8 Å². The molecular formula is C23H18F4N2O5. The molecule has 0 fully saturated rings. The number of halogens is 4. The number of ether oxygens (including phenoxy) is 1. The Kier molecular flexibility index (Phi) is 6.45. The smallest absolute Gasteiger partial charge is 0.418 e. The van der Waals surface area contributed by atoms with Crippen LogP contribution in [0.4, 0.5) is 23.2 Å². The first-order valence-electron chi connectivity index (χ1n) is 9.92. The highest BCUT2D eigenvalue weighted by Gasteiger charge is 2.57. The van der Waals surface area contributed by atoms with Gasteiger partial charge in [0.25, 0.3) is 5.69 Å². The van der Waals surface area contributed by atoms with E-state index in [0.717, 1.165) is 24.3 Å². The molecule has 0 saturated carbocycles. The van der Waals surface area contributed by atoms with Crippen LogP contribution in [0.1, 0.15) is 42.9 Å². The monoisotopic (exact) mass is 478 g/mol. The van der Waals surface area contributed by atoms with Crippen LogP contribution in [-0.4, -0.2) is 33.5 Å². The number of phenolic OH excluding ortho intramolecular Hbond substituents is 1. The quantitative estimate of drug-likeness (QED) is 0.290. The number of nitrogens with zero attached hydrogens (tertiary/aromatic N) is 2. The summed E-state index contributed by atoms with van der Waals surface area (Å²) in [5, 5.41) is 40.8. The number of hydrogen-bond donors (Lipinski definition) is 2. The van der Waals surface area contributed by atoms with Crippen LogP contribution in [0.15, 0.2) is 30.3 Å². The summed E-state index contributed by atoms with van der Waals surface area (Å²) in [5.41, 5.74) is -6.08. The van der Waals surface area contributed by atoms with Gasteiger partial charge in [-0.1, -0.05) is 18.8 Å². The molecule has 0 spiro atoms. The predicted molar refractivity (Wildman–Crippen MR) is 110 cm³/mol. The fourth-order valence-corrected chi connectivity index (χ4v) is 3.94. The van der Waals surface area contributed by atoms with Crippen molar-refractivity contribution in [1.82, 2.24) is 0 Å².